The van der Waals surface area contributed by atoms with E-state index in [1.54, 1.807) is 0 Å². The van der Waals surface area contributed by atoms with Gasteiger partial charge < -0.3 is 10.4 Å². The number of hydrogen-bond acceptors (Lipinski definition) is 3. The Morgan fingerprint density at radius 1 is 1.42 bits per heavy atom. The molecule has 1 heterocycles. The summed E-state index contributed by atoms with van der Waals surface area (Å²) in [5, 5.41) is 12.9. The lowest BCUT2D eigenvalue weighted by Gasteiger charge is -2.35. The first-order valence-electron chi connectivity index (χ1n) is 4.88. The second-order valence-electron chi connectivity index (χ2n) is 3.50. The van der Waals surface area contributed by atoms with Crippen LogP contribution in [-0.4, -0.2) is 48.3 Å². The van der Waals surface area contributed by atoms with Crippen LogP contribution in [0.5, 0.6) is 0 Å². The fourth-order valence-corrected chi connectivity index (χ4v) is 1.67. The molecule has 1 aliphatic rings. The molecule has 0 saturated carbocycles. The van der Waals surface area contributed by atoms with Crippen molar-refractivity contribution in [3.63, 3.8) is 0 Å². The molecular weight excluding hydrogens is 152 g/mol. The average Bonchev–Trinajstić information content (AvgIpc) is 2.17. The first kappa shape index (κ1) is 9.96. The molecule has 1 saturated heterocycles. The van der Waals surface area contributed by atoms with Crippen LogP contribution in [-0.2, 0) is 0 Å². The number of piperazine rings is 1. The molecule has 1 aliphatic heterocycles. The predicted molar refractivity (Wildman–Crippen MR) is 50.2 cm³/mol. The highest BCUT2D eigenvalue weighted by molar-refractivity contribution is 4.77. The van der Waals surface area contributed by atoms with Gasteiger partial charge in [-0.05, 0) is 13.3 Å². The highest BCUT2D eigenvalue weighted by Gasteiger charge is 2.21. The van der Waals surface area contributed by atoms with E-state index in [1.165, 1.54) is 0 Å². The van der Waals surface area contributed by atoms with Crippen LogP contribution in [0.25, 0.3) is 0 Å². The molecule has 0 amide bonds. The fourth-order valence-electron chi connectivity index (χ4n) is 1.67. The van der Waals surface area contributed by atoms with Gasteiger partial charge in [0.05, 0.1) is 6.10 Å². The van der Waals surface area contributed by atoms with Crippen molar-refractivity contribution < 1.29 is 5.11 Å². The molecule has 3 nitrogen and oxygen atoms in total. The summed E-state index contributed by atoms with van der Waals surface area (Å²) in [7, 11) is 0. The molecular formula is C9H20N2O. The molecule has 1 rings (SSSR count). The summed E-state index contributed by atoms with van der Waals surface area (Å²) < 4.78 is 0. The van der Waals surface area contributed by atoms with Gasteiger partial charge in [0.2, 0.25) is 0 Å². The third-order valence-electron chi connectivity index (χ3n) is 2.70. The van der Waals surface area contributed by atoms with E-state index >= 15 is 0 Å². The van der Waals surface area contributed by atoms with Crippen LogP contribution >= 0.6 is 0 Å². The van der Waals surface area contributed by atoms with E-state index in [9.17, 15) is 5.11 Å². The van der Waals surface area contributed by atoms with Crippen LogP contribution in [0.15, 0.2) is 0 Å². The molecule has 2 atom stereocenters. The molecule has 0 aromatic carbocycles. The van der Waals surface area contributed by atoms with Gasteiger partial charge in [-0.2, -0.15) is 0 Å². The molecule has 72 valence electrons. The Morgan fingerprint density at radius 2 is 2.00 bits per heavy atom. The second kappa shape index (κ2) is 4.80. The maximum atomic E-state index is 9.62. The highest BCUT2D eigenvalue weighted by atomic mass is 16.3. The summed E-state index contributed by atoms with van der Waals surface area (Å²) in [4.78, 5) is 2.35. The second-order valence-corrected chi connectivity index (χ2v) is 3.50. The Morgan fingerprint density at radius 3 is 2.50 bits per heavy atom. The first-order valence-corrected chi connectivity index (χ1v) is 4.88. The maximum Gasteiger partial charge on any atom is 0.0690 e. The normalized spacial score (nSPS) is 25.2. The quantitative estimate of drug-likeness (QED) is 0.631. The van der Waals surface area contributed by atoms with Gasteiger partial charge in [-0.15, -0.1) is 0 Å². The largest absolute Gasteiger partial charge is 0.392 e. The van der Waals surface area contributed by atoms with Gasteiger partial charge in [-0.3, -0.25) is 4.90 Å². The van der Waals surface area contributed by atoms with Crippen LogP contribution in [0.2, 0.25) is 0 Å². The summed E-state index contributed by atoms with van der Waals surface area (Å²) in [6.45, 7) is 8.39. The summed E-state index contributed by atoms with van der Waals surface area (Å²) in [5.41, 5.74) is 0. The minimum absolute atomic E-state index is 0.164. The molecule has 2 unspecified atom stereocenters. The van der Waals surface area contributed by atoms with Crippen LogP contribution in [0.1, 0.15) is 20.3 Å². The minimum Gasteiger partial charge on any atom is -0.392 e. The van der Waals surface area contributed by atoms with Gasteiger partial charge in [-0.1, -0.05) is 6.92 Å². The zero-order valence-electron chi connectivity index (χ0n) is 8.08. The number of aliphatic hydroxyl groups excluding tert-OH is 1. The van der Waals surface area contributed by atoms with Crippen molar-refractivity contribution in [3.05, 3.63) is 0 Å². The van der Waals surface area contributed by atoms with Crippen molar-refractivity contribution in [2.75, 3.05) is 26.2 Å². The van der Waals surface area contributed by atoms with Gasteiger partial charge in [-0.25, -0.2) is 0 Å². The van der Waals surface area contributed by atoms with Crippen molar-refractivity contribution >= 4 is 0 Å². The standard InChI is InChI=1S/C9H20N2O/c1-3-9(12)8(2)11-6-4-10-5-7-11/h8-10,12H,3-7H2,1-2H3. The lowest BCUT2D eigenvalue weighted by molar-refractivity contribution is 0.0494. The van der Waals surface area contributed by atoms with Crippen LogP contribution in [0, 0.1) is 0 Å². The van der Waals surface area contributed by atoms with Crippen LogP contribution in [0.4, 0.5) is 0 Å². The third kappa shape index (κ3) is 2.44. The van der Waals surface area contributed by atoms with Crippen molar-refractivity contribution in [3.8, 4) is 0 Å². The summed E-state index contributed by atoms with van der Waals surface area (Å²) in [6.07, 6.45) is 0.688. The molecule has 0 aromatic heterocycles. The van der Waals surface area contributed by atoms with E-state index in [4.69, 9.17) is 0 Å². The molecule has 0 aliphatic carbocycles. The molecule has 3 heteroatoms. The van der Waals surface area contributed by atoms with Crippen LogP contribution in [0.3, 0.4) is 0 Å². The summed E-state index contributed by atoms with van der Waals surface area (Å²) >= 11 is 0. The predicted octanol–water partition coefficient (Wildman–Crippen LogP) is 0.0510. The van der Waals surface area contributed by atoms with E-state index in [2.05, 4.69) is 17.1 Å². The Bertz CT molecular complexity index is 124. The van der Waals surface area contributed by atoms with Gasteiger partial charge >= 0.3 is 0 Å². The molecule has 1 fully saturated rings. The molecule has 2 N–H and O–H groups in total. The zero-order chi connectivity index (χ0) is 8.97. The summed E-state index contributed by atoms with van der Waals surface area (Å²) in [6, 6.07) is 0.317. The van der Waals surface area contributed by atoms with E-state index in [1.807, 2.05) is 6.92 Å². The third-order valence-corrected chi connectivity index (χ3v) is 2.70. The van der Waals surface area contributed by atoms with E-state index < -0.39 is 0 Å². The van der Waals surface area contributed by atoms with Gasteiger partial charge in [0, 0.05) is 32.2 Å². The number of rotatable bonds is 3. The molecule has 0 radical (unpaired) electrons. The topological polar surface area (TPSA) is 35.5 Å². The monoisotopic (exact) mass is 172 g/mol. The van der Waals surface area contributed by atoms with Gasteiger partial charge in [0.15, 0.2) is 0 Å². The average molecular weight is 172 g/mol. The fraction of sp³-hybridized carbons (Fsp3) is 1.00. The smallest absolute Gasteiger partial charge is 0.0690 e. The van der Waals surface area contributed by atoms with E-state index in [0.29, 0.717) is 6.04 Å². The van der Waals surface area contributed by atoms with Gasteiger partial charge in [0.1, 0.15) is 0 Å². The Labute approximate surface area is 74.8 Å². The van der Waals surface area contributed by atoms with Gasteiger partial charge in [0.25, 0.3) is 0 Å². The molecule has 12 heavy (non-hydrogen) atoms. The lowest BCUT2D eigenvalue weighted by atomic mass is 10.1. The number of hydrogen-bond donors (Lipinski definition) is 2. The molecule has 0 aromatic rings. The molecule has 0 bridgehead atoms. The zero-order valence-corrected chi connectivity index (χ0v) is 8.08. The Balaban J connectivity index is 2.33. The number of nitrogens with zero attached hydrogens (tertiary/aromatic N) is 1. The summed E-state index contributed by atoms with van der Waals surface area (Å²) in [5.74, 6) is 0. The number of aliphatic hydroxyl groups is 1. The lowest BCUT2D eigenvalue weighted by Crippen LogP contribution is -2.51. The molecule has 0 spiro atoms. The Kier molecular flexibility index (Phi) is 3.98. The van der Waals surface area contributed by atoms with E-state index in [0.717, 1.165) is 32.6 Å². The van der Waals surface area contributed by atoms with E-state index in [-0.39, 0.29) is 6.10 Å². The van der Waals surface area contributed by atoms with Crippen molar-refractivity contribution in [2.24, 2.45) is 0 Å². The Hall–Kier alpha value is -0.120. The van der Waals surface area contributed by atoms with Crippen molar-refractivity contribution in [2.45, 2.75) is 32.4 Å². The maximum absolute atomic E-state index is 9.62. The number of nitrogens with one attached hydrogen (secondary N) is 1. The SMILES string of the molecule is CCC(O)C(C)N1CCNCC1. The first-order chi connectivity index (χ1) is 5.75. The minimum atomic E-state index is -0.164. The van der Waals surface area contributed by atoms with Crippen LogP contribution < -0.4 is 5.32 Å². The van der Waals surface area contributed by atoms with Crippen molar-refractivity contribution in [1.82, 2.24) is 10.2 Å². The van der Waals surface area contributed by atoms with Crippen molar-refractivity contribution in [1.29, 1.82) is 0 Å². The highest BCUT2D eigenvalue weighted by Crippen LogP contribution is 2.07.